The van der Waals surface area contributed by atoms with Gasteiger partial charge in [-0.1, -0.05) is 19.1 Å². The highest BCUT2D eigenvalue weighted by Crippen LogP contribution is 2.19. The summed E-state index contributed by atoms with van der Waals surface area (Å²) in [7, 11) is 1.59. The lowest BCUT2D eigenvalue weighted by Crippen LogP contribution is -2.37. The van der Waals surface area contributed by atoms with Gasteiger partial charge >= 0.3 is 0 Å². The Morgan fingerprint density at radius 1 is 0.963 bits per heavy atom. The average Bonchev–Trinajstić information content (AvgIpc) is 2.68. The number of methoxy groups -OCH3 is 1. The maximum absolute atomic E-state index is 12.4. The van der Waals surface area contributed by atoms with Gasteiger partial charge in [0.25, 0.3) is 5.91 Å². The van der Waals surface area contributed by atoms with Gasteiger partial charge in [-0.15, -0.1) is 0 Å². The summed E-state index contributed by atoms with van der Waals surface area (Å²) in [6.45, 7) is 5.41. The van der Waals surface area contributed by atoms with Gasteiger partial charge in [-0.3, -0.25) is 9.59 Å². The third kappa shape index (κ3) is 6.02. The normalized spacial score (nSPS) is 12.6. The van der Waals surface area contributed by atoms with Crippen LogP contribution >= 0.6 is 0 Å². The number of amides is 2. The topological polar surface area (TPSA) is 76.7 Å². The molecule has 0 aliphatic carbocycles. The van der Waals surface area contributed by atoms with Crippen LogP contribution in [0.2, 0.25) is 0 Å². The largest absolute Gasteiger partial charge is 0.497 e. The Labute approximate surface area is 159 Å². The molecule has 144 valence electrons. The van der Waals surface area contributed by atoms with Crippen molar-refractivity contribution in [2.45, 2.75) is 39.3 Å². The van der Waals surface area contributed by atoms with Crippen LogP contribution in [0, 0.1) is 0 Å². The second kappa shape index (κ2) is 9.62. The molecule has 2 atom stereocenters. The Hall–Kier alpha value is -3.02. The van der Waals surface area contributed by atoms with Crippen LogP contribution in [0.15, 0.2) is 48.5 Å². The molecule has 0 radical (unpaired) electrons. The van der Waals surface area contributed by atoms with Gasteiger partial charge in [0, 0.05) is 12.1 Å². The summed E-state index contributed by atoms with van der Waals surface area (Å²) in [5.41, 5.74) is 1.68. The fourth-order valence-corrected chi connectivity index (χ4v) is 2.43. The number of carbonyl (C=O) groups excluding carboxylic acids is 2. The summed E-state index contributed by atoms with van der Waals surface area (Å²) in [5.74, 6) is 1.09. The van der Waals surface area contributed by atoms with E-state index in [0.717, 1.165) is 17.0 Å². The van der Waals surface area contributed by atoms with Gasteiger partial charge < -0.3 is 20.1 Å². The van der Waals surface area contributed by atoms with E-state index in [4.69, 9.17) is 9.47 Å². The van der Waals surface area contributed by atoms with Crippen LogP contribution in [-0.2, 0) is 9.59 Å². The Bertz CT molecular complexity index is 757. The summed E-state index contributed by atoms with van der Waals surface area (Å²) < 4.78 is 10.8. The molecule has 0 saturated carbocycles. The van der Waals surface area contributed by atoms with Crippen molar-refractivity contribution in [1.29, 1.82) is 0 Å². The van der Waals surface area contributed by atoms with E-state index in [0.29, 0.717) is 12.2 Å². The number of rotatable bonds is 8. The average molecular weight is 370 g/mol. The third-order valence-corrected chi connectivity index (χ3v) is 4.12. The molecule has 2 rings (SSSR count). The van der Waals surface area contributed by atoms with Gasteiger partial charge in [0.2, 0.25) is 5.91 Å². The van der Waals surface area contributed by atoms with E-state index >= 15 is 0 Å². The first-order valence-electron chi connectivity index (χ1n) is 8.93. The first kappa shape index (κ1) is 20.3. The number of nitrogens with one attached hydrogen (secondary N) is 2. The van der Waals surface area contributed by atoms with E-state index in [-0.39, 0.29) is 17.9 Å². The summed E-state index contributed by atoms with van der Waals surface area (Å²) in [6, 6.07) is 14.3. The van der Waals surface area contributed by atoms with Crippen LogP contribution in [0.5, 0.6) is 11.5 Å². The van der Waals surface area contributed by atoms with E-state index in [1.165, 1.54) is 0 Å². The van der Waals surface area contributed by atoms with Crippen molar-refractivity contribution in [2.75, 3.05) is 12.4 Å². The van der Waals surface area contributed by atoms with Gasteiger partial charge in [0.15, 0.2) is 6.10 Å². The number of carbonyl (C=O) groups is 2. The van der Waals surface area contributed by atoms with Gasteiger partial charge in [-0.25, -0.2) is 0 Å². The lowest BCUT2D eigenvalue weighted by atomic mass is 10.1. The molecule has 6 nitrogen and oxygen atoms in total. The molecule has 0 aliphatic heterocycles. The van der Waals surface area contributed by atoms with Crippen molar-refractivity contribution < 1.29 is 19.1 Å². The Kier molecular flexibility index (Phi) is 7.23. The highest BCUT2D eigenvalue weighted by molar-refractivity contribution is 5.90. The van der Waals surface area contributed by atoms with Crippen molar-refractivity contribution in [3.63, 3.8) is 0 Å². The van der Waals surface area contributed by atoms with Crippen molar-refractivity contribution in [3.8, 4) is 11.5 Å². The molecule has 0 aliphatic rings. The number of hydrogen-bond donors (Lipinski definition) is 2. The summed E-state index contributed by atoms with van der Waals surface area (Å²) >= 11 is 0. The maximum Gasteiger partial charge on any atom is 0.261 e. The van der Waals surface area contributed by atoms with Crippen LogP contribution in [-0.4, -0.2) is 25.0 Å². The predicted octanol–water partition coefficient (Wildman–Crippen LogP) is 3.69. The summed E-state index contributed by atoms with van der Waals surface area (Å²) in [5, 5.41) is 5.73. The fraction of sp³-hybridized carbons (Fsp3) is 0.333. The van der Waals surface area contributed by atoms with Gasteiger partial charge in [-0.2, -0.15) is 0 Å². The van der Waals surface area contributed by atoms with E-state index < -0.39 is 6.10 Å². The van der Waals surface area contributed by atoms with E-state index in [1.54, 1.807) is 45.2 Å². The van der Waals surface area contributed by atoms with Crippen LogP contribution < -0.4 is 20.1 Å². The monoisotopic (exact) mass is 370 g/mol. The molecule has 0 bridgehead atoms. The first-order valence-corrected chi connectivity index (χ1v) is 8.93. The van der Waals surface area contributed by atoms with Gasteiger partial charge in [0.1, 0.15) is 11.5 Å². The van der Waals surface area contributed by atoms with Crippen LogP contribution in [0.4, 0.5) is 5.69 Å². The summed E-state index contributed by atoms with van der Waals surface area (Å²) in [6.07, 6.45) is -0.204. The Morgan fingerprint density at radius 3 is 2.11 bits per heavy atom. The zero-order valence-electron chi connectivity index (χ0n) is 16.1. The molecule has 2 aromatic rings. The molecule has 2 N–H and O–H groups in total. The number of anilines is 1. The van der Waals surface area contributed by atoms with Crippen LogP contribution in [0.25, 0.3) is 0 Å². The highest BCUT2D eigenvalue weighted by atomic mass is 16.5. The second-order valence-electron chi connectivity index (χ2n) is 6.19. The zero-order chi connectivity index (χ0) is 19.8. The highest BCUT2D eigenvalue weighted by Gasteiger charge is 2.18. The van der Waals surface area contributed by atoms with Gasteiger partial charge in [0.05, 0.1) is 13.2 Å². The molecule has 6 heteroatoms. The van der Waals surface area contributed by atoms with E-state index in [9.17, 15) is 9.59 Å². The van der Waals surface area contributed by atoms with Crippen molar-refractivity contribution >= 4 is 17.5 Å². The van der Waals surface area contributed by atoms with Crippen LogP contribution in [0.1, 0.15) is 38.8 Å². The smallest absolute Gasteiger partial charge is 0.261 e. The molecule has 0 fully saturated rings. The SMILES string of the molecule is CCC(=O)Nc1ccc(C(C)NC(=O)C(C)Oc2ccc(OC)cc2)cc1. The fourth-order valence-electron chi connectivity index (χ4n) is 2.43. The van der Waals surface area contributed by atoms with Crippen molar-refractivity contribution in [3.05, 3.63) is 54.1 Å². The molecule has 2 aromatic carbocycles. The Balaban J connectivity index is 1.90. The molecular formula is C21H26N2O4. The number of benzene rings is 2. The molecule has 0 saturated heterocycles. The molecule has 0 spiro atoms. The molecule has 27 heavy (non-hydrogen) atoms. The number of hydrogen-bond acceptors (Lipinski definition) is 4. The predicted molar refractivity (Wildman–Crippen MR) is 105 cm³/mol. The van der Waals surface area contributed by atoms with Crippen molar-refractivity contribution in [1.82, 2.24) is 5.32 Å². The molecule has 0 aromatic heterocycles. The minimum Gasteiger partial charge on any atom is -0.497 e. The minimum atomic E-state index is -0.635. The standard InChI is InChI=1S/C21H26N2O4/c1-5-20(24)23-17-8-6-16(7-9-17)14(2)22-21(25)15(3)27-19-12-10-18(26-4)11-13-19/h6-15H,5H2,1-4H3,(H,22,25)(H,23,24). The quantitative estimate of drug-likeness (QED) is 0.743. The molecule has 2 amide bonds. The van der Waals surface area contributed by atoms with E-state index in [1.807, 2.05) is 31.2 Å². The molecule has 0 heterocycles. The maximum atomic E-state index is 12.4. The number of ether oxygens (including phenoxy) is 2. The van der Waals surface area contributed by atoms with Gasteiger partial charge in [-0.05, 0) is 55.8 Å². The summed E-state index contributed by atoms with van der Waals surface area (Å²) in [4.78, 5) is 23.8. The second-order valence-corrected chi connectivity index (χ2v) is 6.19. The zero-order valence-corrected chi connectivity index (χ0v) is 16.1. The Morgan fingerprint density at radius 2 is 1.56 bits per heavy atom. The first-order chi connectivity index (χ1) is 12.9. The lowest BCUT2D eigenvalue weighted by molar-refractivity contribution is -0.128. The third-order valence-electron chi connectivity index (χ3n) is 4.12. The van der Waals surface area contributed by atoms with Crippen LogP contribution in [0.3, 0.4) is 0 Å². The molecular weight excluding hydrogens is 344 g/mol. The van der Waals surface area contributed by atoms with E-state index in [2.05, 4.69) is 10.6 Å². The lowest BCUT2D eigenvalue weighted by Gasteiger charge is -2.19. The van der Waals surface area contributed by atoms with Crippen molar-refractivity contribution in [2.24, 2.45) is 0 Å². The minimum absolute atomic E-state index is 0.0337. The molecule has 2 unspecified atom stereocenters.